The summed E-state index contributed by atoms with van der Waals surface area (Å²) < 4.78 is 14.6. The Morgan fingerprint density at radius 1 is 1.10 bits per heavy atom. The molecule has 0 aliphatic rings. The number of halogens is 2. The van der Waals surface area contributed by atoms with Crippen LogP contribution in [0.4, 0.5) is 4.39 Å². The second-order valence-electron chi connectivity index (χ2n) is 6.99. The molecule has 0 saturated carbocycles. The van der Waals surface area contributed by atoms with Gasteiger partial charge in [0.2, 0.25) is 0 Å². The zero-order valence-electron chi connectivity index (χ0n) is 14.0. The van der Waals surface area contributed by atoms with Crippen LogP contribution in [0.1, 0.15) is 65.9 Å². The highest BCUT2D eigenvalue weighted by Gasteiger charge is 2.34. The van der Waals surface area contributed by atoms with Gasteiger partial charge in [-0.3, -0.25) is 0 Å². The molecule has 0 aliphatic heterocycles. The Bertz CT molecular complexity index is 445. The smallest absolute Gasteiger partial charge is 0.145 e. The van der Waals surface area contributed by atoms with Crippen LogP contribution < -0.4 is 5.32 Å². The maximum atomic E-state index is 14.6. The van der Waals surface area contributed by atoms with Crippen molar-refractivity contribution < 1.29 is 4.39 Å². The molecule has 1 rings (SSSR count). The van der Waals surface area contributed by atoms with Crippen molar-refractivity contribution in [3.63, 3.8) is 0 Å². The van der Waals surface area contributed by atoms with Gasteiger partial charge in [0.1, 0.15) is 5.82 Å². The summed E-state index contributed by atoms with van der Waals surface area (Å²) >= 11 is 6.01. The van der Waals surface area contributed by atoms with Crippen molar-refractivity contribution in [3.05, 3.63) is 34.6 Å². The molecular formula is C18H29ClFN. The first kappa shape index (κ1) is 18.4. The van der Waals surface area contributed by atoms with Gasteiger partial charge >= 0.3 is 0 Å². The lowest BCUT2D eigenvalue weighted by molar-refractivity contribution is 0.285. The summed E-state index contributed by atoms with van der Waals surface area (Å²) in [6, 6.07) is 5.38. The molecule has 1 N–H and O–H groups in total. The fourth-order valence-corrected chi connectivity index (χ4v) is 3.15. The lowest BCUT2D eigenvalue weighted by Crippen LogP contribution is -2.46. The van der Waals surface area contributed by atoms with Crippen LogP contribution in [-0.2, 0) is 5.41 Å². The molecule has 0 amide bonds. The Labute approximate surface area is 134 Å². The van der Waals surface area contributed by atoms with Crippen LogP contribution in [0.2, 0.25) is 5.02 Å². The van der Waals surface area contributed by atoms with Crippen molar-refractivity contribution in [2.24, 2.45) is 0 Å². The number of hydrogen-bond acceptors (Lipinski definition) is 1. The molecule has 0 aromatic heterocycles. The molecular weight excluding hydrogens is 285 g/mol. The van der Waals surface area contributed by atoms with Gasteiger partial charge < -0.3 is 5.32 Å². The topological polar surface area (TPSA) is 12.0 Å². The van der Waals surface area contributed by atoms with E-state index in [1.54, 1.807) is 6.07 Å². The van der Waals surface area contributed by atoms with Crippen molar-refractivity contribution in [2.75, 3.05) is 6.54 Å². The van der Waals surface area contributed by atoms with Crippen molar-refractivity contribution in [3.8, 4) is 0 Å². The molecule has 3 heteroatoms. The van der Waals surface area contributed by atoms with Gasteiger partial charge in [-0.25, -0.2) is 4.39 Å². The van der Waals surface area contributed by atoms with E-state index in [0.717, 1.165) is 37.8 Å². The average Bonchev–Trinajstić information content (AvgIpc) is 2.39. The molecule has 1 aromatic carbocycles. The minimum Gasteiger partial charge on any atom is -0.311 e. The Morgan fingerprint density at radius 2 is 1.67 bits per heavy atom. The fraction of sp³-hybridized carbons (Fsp3) is 0.667. The van der Waals surface area contributed by atoms with Crippen LogP contribution in [0.15, 0.2) is 18.2 Å². The molecule has 0 bridgehead atoms. The number of hydrogen-bond donors (Lipinski definition) is 1. The second-order valence-corrected chi connectivity index (χ2v) is 7.39. The predicted molar refractivity (Wildman–Crippen MR) is 90.7 cm³/mol. The first-order valence-corrected chi connectivity index (χ1v) is 8.33. The Balaban J connectivity index is 3.24. The predicted octanol–water partition coefficient (Wildman–Crippen LogP) is 5.71. The third kappa shape index (κ3) is 4.96. The molecule has 0 atom stereocenters. The first-order chi connectivity index (χ1) is 9.75. The molecule has 0 radical (unpaired) electrons. The third-order valence-corrected chi connectivity index (χ3v) is 4.23. The van der Waals surface area contributed by atoms with Crippen LogP contribution in [0.5, 0.6) is 0 Å². The van der Waals surface area contributed by atoms with Gasteiger partial charge in [-0.15, -0.1) is 0 Å². The van der Waals surface area contributed by atoms with Crippen molar-refractivity contribution in [1.29, 1.82) is 0 Å². The van der Waals surface area contributed by atoms with E-state index >= 15 is 0 Å². The standard InChI is InChI=1S/C18H29ClFN/c1-6-11-18(12-7-2,13-21-17(3,4)5)14-9-8-10-15(19)16(14)20/h8-10,21H,6-7,11-13H2,1-5H3. The Kier molecular flexibility index (Phi) is 6.68. The number of rotatable bonds is 7. The molecule has 0 unspecified atom stereocenters. The monoisotopic (exact) mass is 313 g/mol. The van der Waals surface area contributed by atoms with Crippen LogP contribution in [0.25, 0.3) is 0 Å². The van der Waals surface area contributed by atoms with E-state index < -0.39 is 0 Å². The summed E-state index contributed by atoms with van der Waals surface area (Å²) in [6.45, 7) is 11.5. The van der Waals surface area contributed by atoms with Crippen LogP contribution in [0.3, 0.4) is 0 Å². The first-order valence-electron chi connectivity index (χ1n) is 7.95. The maximum absolute atomic E-state index is 14.6. The minimum absolute atomic E-state index is 0.0157. The van der Waals surface area contributed by atoms with Gasteiger partial charge in [-0.1, -0.05) is 50.4 Å². The quantitative estimate of drug-likeness (QED) is 0.680. The van der Waals surface area contributed by atoms with Gasteiger partial charge in [0, 0.05) is 17.5 Å². The second kappa shape index (κ2) is 7.60. The molecule has 0 fully saturated rings. The molecule has 1 nitrogen and oxygen atoms in total. The summed E-state index contributed by atoms with van der Waals surface area (Å²) in [7, 11) is 0. The zero-order chi connectivity index (χ0) is 16.1. The summed E-state index contributed by atoms with van der Waals surface area (Å²) in [6.07, 6.45) is 3.97. The normalized spacial score (nSPS) is 12.7. The summed E-state index contributed by atoms with van der Waals surface area (Å²) in [5.41, 5.74) is 0.587. The molecule has 0 spiro atoms. The van der Waals surface area contributed by atoms with Gasteiger partial charge in [0.05, 0.1) is 5.02 Å². The van der Waals surface area contributed by atoms with E-state index in [9.17, 15) is 4.39 Å². The van der Waals surface area contributed by atoms with E-state index in [1.807, 2.05) is 12.1 Å². The van der Waals surface area contributed by atoms with Gasteiger partial charge in [0.25, 0.3) is 0 Å². The lowest BCUT2D eigenvalue weighted by Gasteiger charge is -2.38. The third-order valence-electron chi connectivity index (χ3n) is 3.94. The summed E-state index contributed by atoms with van der Waals surface area (Å²) in [5, 5.41) is 3.79. The van der Waals surface area contributed by atoms with E-state index in [0.29, 0.717) is 0 Å². The van der Waals surface area contributed by atoms with Crippen molar-refractivity contribution >= 4 is 11.6 Å². The molecule has 120 valence electrons. The lowest BCUT2D eigenvalue weighted by atomic mass is 9.72. The Hall–Kier alpha value is -0.600. The van der Waals surface area contributed by atoms with Crippen molar-refractivity contribution in [1.82, 2.24) is 5.32 Å². The highest BCUT2D eigenvalue weighted by molar-refractivity contribution is 6.30. The van der Waals surface area contributed by atoms with Crippen LogP contribution in [-0.4, -0.2) is 12.1 Å². The molecule has 0 aliphatic carbocycles. The minimum atomic E-state index is -0.253. The van der Waals surface area contributed by atoms with E-state index in [-0.39, 0.29) is 21.8 Å². The van der Waals surface area contributed by atoms with Crippen molar-refractivity contribution in [2.45, 2.75) is 71.3 Å². The molecule has 21 heavy (non-hydrogen) atoms. The van der Waals surface area contributed by atoms with E-state index in [1.165, 1.54) is 0 Å². The number of benzene rings is 1. The van der Waals surface area contributed by atoms with Crippen LogP contribution >= 0.6 is 11.6 Å². The fourth-order valence-electron chi connectivity index (χ4n) is 2.97. The molecule has 0 heterocycles. The van der Waals surface area contributed by atoms with Gasteiger partial charge in [-0.2, -0.15) is 0 Å². The average molecular weight is 314 g/mol. The van der Waals surface area contributed by atoms with Gasteiger partial charge in [-0.05, 0) is 45.2 Å². The highest BCUT2D eigenvalue weighted by atomic mass is 35.5. The van der Waals surface area contributed by atoms with Crippen LogP contribution in [0, 0.1) is 5.82 Å². The van der Waals surface area contributed by atoms with E-state index in [4.69, 9.17) is 11.6 Å². The zero-order valence-corrected chi connectivity index (χ0v) is 14.8. The highest BCUT2D eigenvalue weighted by Crippen LogP contribution is 2.37. The number of nitrogens with one attached hydrogen (secondary N) is 1. The molecule has 0 saturated heterocycles. The summed E-state index contributed by atoms with van der Waals surface area (Å²) in [5.74, 6) is -0.253. The summed E-state index contributed by atoms with van der Waals surface area (Å²) in [4.78, 5) is 0. The largest absolute Gasteiger partial charge is 0.311 e. The van der Waals surface area contributed by atoms with Gasteiger partial charge in [0.15, 0.2) is 0 Å². The Morgan fingerprint density at radius 3 is 2.14 bits per heavy atom. The maximum Gasteiger partial charge on any atom is 0.145 e. The van der Waals surface area contributed by atoms with E-state index in [2.05, 4.69) is 39.9 Å². The molecule has 1 aromatic rings. The SMILES string of the molecule is CCCC(CCC)(CNC(C)(C)C)c1cccc(Cl)c1F.